The van der Waals surface area contributed by atoms with E-state index in [0.29, 0.717) is 20.1 Å². The minimum atomic E-state index is -0.650. The first-order chi connectivity index (χ1) is 14.7. The van der Waals surface area contributed by atoms with Crippen molar-refractivity contribution in [2.75, 3.05) is 14.2 Å². The first-order valence-electron chi connectivity index (χ1n) is 8.52. The minimum absolute atomic E-state index is 0.0565. The number of phenolic OH excluding ortho intramolecular Hbond substituents is 2. The van der Waals surface area contributed by atoms with E-state index < -0.39 is 18.2 Å². The molecule has 12 heteroatoms. The fourth-order valence-corrected chi connectivity index (χ4v) is 3.15. The van der Waals surface area contributed by atoms with Gasteiger partial charge in [0.25, 0.3) is 0 Å². The molecule has 2 rings (SSSR count). The topological polar surface area (TPSA) is 142 Å². The van der Waals surface area contributed by atoms with Crippen molar-refractivity contribution in [2.24, 2.45) is 10.2 Å². The lowest BCUT2D eigenvalue weighted by molar-refractivity contribution is -0.129. The summed E-state index contributed by atoms with van der Waals surface area (Å²) in [5.41, 5.74) is 5.53. The van der Waals surface area contributed by atoms with Crippen LogP contribution in [0.1, 0.15) is 17.5 Å². The summed E-state index contributed by atoms with van der Waals surface area (Å²) in [4.78, 5) is 23.6. The summed E-state index contributed by atoms with van der Waals surface area (Å²) in [5, 5.41) is 27.1. The number of hydrogen-bond acceptors (Lipinski definition) is 8. The van der Waals surface area contributed by atoms with Crippen molar-refractivity contribution >= 4 is 56.1 Å². The second kappa shape index (κ2) is 11.3. The largest absolute Gasteiger partial charge is 0.503 e. The molecule has 0 bridgehead atoms. The molecule has 10 nitrogen and oxygen atoms in total. The van der Waals surface area contributed by atoms with Gasteiger partial charge >= 0.3 is 0 Å². The molecule has 31 heavy (non-hydrogen) atoms. The second-order valence-electron chi connectivity index (χ2n) is 5.87. The van der Waals surface area contributed by atoms with Gasteiger partial charge in [0.05, 0.1) is 35.6 Å². The zero-order chi connectivity index (χ0) is 23.0. The van der Waals surface area contributed by atoms with Gasteiger partial charge < -0.3 is 19.7 Å². The van der Waals surface area contributed by atoms with Crippen LogP contribution >= 0.6 is 31.9 Å². The second-order valence-corrected chi connectivity index (χ2v) is 7.58. The van der Waals surface area contributed by atoms with E-state index in [1.165, 1.54) is 38.8 Å². The number of ether oxygens (including phenoxy) is 2. The highest BCUT2D eigenvalue weighted by Crippen LogP contribution is 2.35. The average Bonchev–Trinajstić information content (AvgIpc) is 2.72. The number of hydrazone groups is 2. The molecule has 0 fully saturated rings. The van der Waals surface area contributed by atoms with Gasteiger partial charge in [0.2, 0.25) is 11.8 Å². The maximum Gasteiger partial charge on any atom is 0.249 e. The van der Waals surface area contributed by atoms with Gasteiger partial charge in [-0.25, -0.2) is 10.9 Å². The van der Waals surface area contributed by atoms with E-state index >= 15 is 0 Å². The average molecular weight is 558 g/mol. The van der Waals surface area contributed by atoms with Crippen molar-refractivity contribution in [1.29, 1.82) is 0 Å². The van der Waals surface area contributed by atoms with Crippen LogP contribution in [0.5, 0.6) is 23.0 Å². The maximum absolute atomic E-state index is 11.8. The van der Waals surface area contributed by atoms with Crippen LogP contribution in [0.4, 0.5) is 0 Å². The molecule has 0 aliphatic carbocycles. The Balaban J connectivity index is 1.87. The van der Waals surface area contributed by atoms with Crippen LogP contribution in [-0.4, -0.2) is 48.7 Å². The number of rotatable bonds is 8. The monoisotopic (exact) mass is 556 g/mol. The van der Waals surface area contributed by atoms with E-state index in [9.17, 15) is 19.8 Å². The van der Waals surface area contributed by atoms with Crippen LogP contribution in [0.25, 0.3) is 0 Å². The molecular weight excluding hydrogens is 540 g/mol. The summed E-state index contributed by atoms with van der Waals surface area (Å²) < 4.78 is 10.8. The summed E-state index contributed by atoms with van der Waals surface area (Å²) in [6, 6.07) is 6.19. The van der Waals surface area contributed by atoms with Crippen molar-refractivity contribution in [3.63, 3.8) is 0 Å². The number of aromatic hydroxyl groups is 2. The van der Waals surface area contributed by atoms with Crippen molar-refractivity contribution in [2.45, 2.75) is 6.42 Å². The Morgan fingerprint density at radius 1 is 0.871 bits per heavy atom. The van der Waals surface area contributed by atoms with E-state index in [1.807, 2.05) is 0 Å². The molecule has 0 spiro atoms. The standard InChI is InChI=1S/C19H18Br2N4O6/c1-30-14-5-10(3-12(20)18(14)28)8-22-24-16(26)7-17(27)25-23-9-11-4-13(21)19(29)15(6-11)31-2/h3-6,8-9,28-29H,7H2,1-2H3,(H,24,26)(H,25,27)/b22-8-,23-9-. The Morgan fingerprint density at radius 3 is 1.61 bits per heavy atom. The fourth-order valence-electron chi connectivity index (χ4n) is 2.23. The van der Waals surface area contributed by atoms with E-state index in [4.69, 9.17) is 9.47 Å². The smallest absolute Gasteiger partial charge is 0.249 e. The van der Waals surface area contributed by atoms with Gasteiger partial charge in [-0.3, -0.25) is 9.59 Å². The van der Waals surface area contributed by atoms with Gasteiger partial charge in [-0.15, -0.1) is 0 Å². The van der Waals surface area contributed by atoms with E-state index in [1.54, 1.807) is 12.1 Å². The highest BCUT2D eigenvalue weighted by molar-refractivity contribution is 9.10. The van der Waals surface area contributed by atoms with Crippen LogP contribution in [0.15, 0.2) is 43.4 Å². The molecular formula is C19H18Br2N4O6. The molecule has 4 N–H and O–H groups in total. The van der Waals surface area contributed by atoms with Crippen LogP contribution in [0.3, 0.4) is 0 Å². The van der Waals surface area contributed by atoms with Gasteiger partial charge in [-0.1, -0.05) is 0 Å². The third-order valence-corrected chi connectivity index (χ3v) is 4.88. The summed E-state index contributed by atoms with van der Waals surface area (Å²) in [7, 11) is 2.81. The first-order valence-corrected chi connectivity index (χ1v) is 10.1. The van der Waals surface area contributed by atoms with Gasteiger partial charge in [0, 0.05) is 0 Å². The normalized spacial score (nSPS) is 11.0. The summed E-state index contributed by atoms with van der Waals surface area (Å²) in [5.74, 6) is -0.945. The van der Waals surface area contributed by atoms with Gasteiger partial charge in [0.15, 0.2) is 23.0 Å². The van der Waals surface area contributed by atoms with E-state index in [2.05, 4.69) is 52.9 Å². The fraction of sp³-hybridized carbons (Fsp3) is 0.158. The molecule has 0 heterocycles. The van der Waals surface area contributed by atoms with Crippen molar-refractivity contribution < 1.29 is 29.3 Å². The van der Waals surface area contributed by atoms with Crippen LogP contribution in [0.2, 0.25) is 0 Å². The number of methoxy groups -OCH3 is 2. The number of hydrogen-bond donors (Lipinski definition) is 4. The molecule has 2 aromatic rings. The van der Waals surface area contributed by atoms with Gasteiger partial charge in [-0.2, -0.15) is 10.2 Å². The lowest BCUT2D eigenvalue weighted by Gasteiger charge is -2.06. The molecule has 0 radical (unpaired) electrons. The number of carbonyl (C=O) groups is 2. The predicted molar refractivity (Wildman–Crippen MR) is 121 cm³/mol. The zero-order valence-electron chi connectivity index (χ0n) is 16.3. The number of carbonyl (C=O) groups excluding carboxylic acids is 2. The van der Waals surface area contributed by atoms with Crippen molar-refractivity contribution in [1.82, 2.24) is 10.9 Å². The molecule has 2 amide bonds. The minimum Gasteiger partial charge on any atom is -0.503 e. The molecule has 0 saturated carbocycles. The number of nitrogens with zero attached hydrogens (tertiary/aromatic N) is 2. The predicted octanol–water partition coefficient (Wildman–Crippen LogP) is 2.63. The molecule has 0 atom stereocenters. The number of halogens is 2. The van der Waals surface area contributed by atoms with Gasteiger partial charge in [0.1, 0.15) is 6.42 Å². The Morgan fingerprint density at radius 2 is 1.26 bits per heavy atom. The third-order valence-electron chi connectivity index (χ3n) is 3.67. The lowest BCUT2D eigenvalue weighted by Crippen LogP contribution is -2.27. The first kappa shape index (κ1) is 24.2. The van der Waals surface area contributed by atoms with Gasteiger partial charge in [-0.05, 0) is 67.3 Å². The molecule has 2 aromatic carbocycles. The Bertz CT molecular complexity index is 961. The molecule has 0 unspecified atom stereocenters. The third kappa shape index (κ3) is 6.96. The Hall–Kier alpha value is -3.12. The highest BCUT2D eigenvalue weighted by Gasteiger charge is 2.10. The summed E-state index contributed by atoms with van der Waals surface area (Å²) >= 11 is 6.36. The summed E-state index contributed by atoms with van der Waals surface area (Å²) in [6.45, 7) is 0. The lowest BCUT2D eigenvalue weighted by atomic mass is 10.2. The van der Waals surface area contributed by atoms with Crippen molar-refractivity contribution in [3.05, 3.63) is 44.3 Å². The van der Waals surface area contributed by atoms with Crippen LogP contribution in [0, 0.1) is 0 Å². The molecule has 164 valence electrons. The Kier molecular flexibility index (Phi) is 8.82. The van der Waals surface area contributed by atoms with Crippen LogP contribution < -0.4 is 20.3 Å². The highest BCUT2D eigenvalue weighted by atomic mass is 79.9. The molecule has 0 aliphatic heterocycles. The number of amides is 2. The van der Waals surface area contributed by atoms with Crippen molar-refractivity contribution in [3.8, 4) is 23.0 Å². The molecule has 0 aliphatic rings. The van der Waals surface area contributed by atoms with E-state index in [-0.39, 0.29) is 23.0 Å². The SMILES string of the molecule is COc1cc(/C=N\NC(=O)CC(=O)N/N=C\c2cc(Br)c(O)c(OC)c2)cc(Br)c1O. The maximum atomic E-state index is 11.8. The zero-order valence-corrected chi connectivity index (χ0v) is 19.5. The molecule has 0 saturated heterocycles. The van der Waals surface area contributed by atoms with Crippen LogP contribution in [-0.2, 0) is 9.59 Å². The number of nitrogens with one attached hydrogen (secondary N) is 2. The number of benzene rings is 2. The Labute approximate surface area is 194 Å². The summed E-state index contributed by atoms with van der Waals surface area (Å²) in [6.07, 6.45) is 2.16. The van der Waals surface area contributed by atoms with E-state index in [0.717, 1.165) is 0 Å². The number of phenols is 2. The quantitative estimate of drug-likeness (QED) is 0.223. The molecule has 0 aromatic heterocycles.